The molecule has 2 aromatic rings. The number of nitrogens with zero attached hydrogens (tertiary/aromatic N) is 1. The molecule has 9 heteroatoms. The Morgan fingerprint density at radius 1 is 1.27 bits per heavy atom. The molecule has 1 aliphatic heterocycles. The third-order valence-electron chi connectivity index (χ3n) is 3.58. The van der Waals surface area contributed by atoms with E-state index in [2.05, 4.69) is 15.6 Å². The van der Waals surface area contributed by atoms with Gasteiger partial charge in [0.2, 0.25) is 11.8 Å². The minimum Gasteiger partial charge on any atom is -0.497 e. The summed E-state index contributed by atoms with van der Waals surface area (Å²) in [6, 6.07) is 10.9. The van der Waals surface area contributed by atoms with Gasteiger partial charge in [0.15, 0.2) is 0 Å². The minimum absolute atomic E-state index is 0. The van der Waals surface area contributed by atoms with E-state index in [4.69, 9.17) is 9.47 Å². The summed E-state index contributed by atoms with van der Waals surface area (Å²) in [5.41, 5.74) is 0.938. The molecule has 1 aromatic carbocycles. The number of carbonyl (C=O) groups is 1. The fourth-order valence-electron chi connectivity index (χ4n) is 2.26. The maximum atomic E-state index is 12.0. The summed E-state index contributed by atoms with van der Waals surface area (Å²) in [5.74, 6) is 3.60. The highest BCUT2D eigenvalue weighted by molar-refractivity contribution is 7.99. The van der Waals surface area contributed by atoms with E-state index >= 15 is 0 Å². The number of nitrogens with one attached hydrogen (secondary N) is 2. The van der Waals surface area contributed by atoms with Crippen molar-refractivity contribution in [1.29, 1.82) is 0 Å². The second-order valence-corrected chi connectivity index (χ2v) is 6.30. The normalized spacial score (nSPS) is 15.3. The number of carbonyl (C=O) groups excluding carboxylic acids is 1. The van der Waals surface area contributed by atoms with Gasteiger partial charge < -0.3 is 14.8 Å². The summed E-state index contributed by atoms with van der Waals surface area (Å²) in [5, 5.41) is 6.08. The second-order valence-electron chi connectivity index (χ2n) is 5.27. The number of halogens is 2. The van der Waals surface area contributed by atoms with Crippen LogP contribution in [0.2, 0.25) is 0 Å². The topological polar surface area (TPSA) is 72.5 Å². The Bertz CT molecular complexity index is 698. The lowest BCUT2D eigenvalue weighted by Crippen LogP contribution is -2.41. The van der Waals surface area contributed by atoms with Crippen LogP contribution in [0.25, 0.3) is 0 Å². The SMILES string of the molecule is COc1ccc(Oc2cc(CNC(=O)C3CSCN3)ccn2)cc1.Cl.Cl. The Labute approximate surface area is 169 Å². The zero-order valence-corrected chi connectivity index (χ0v) is 16.6. The van der Waals surface area contributed by atoms with Crippen LogP contribution in [0.1, 0.15) is 5.56 Å². The highest BCUT2D eigenvalue weighted by Crippen LogP contribution is 2.22. The molecular formula is C17H21Cl2N3O3S. The molecule has 26 heavy (non-hydrogen) atoms. The Hall–Kier alpha value is -1.67. The van der Waals surface area contributed by atoms with E-state index in [1.165, 1.54) is 0 Å². The highest BCUT2D eigenvalue weighted by Gasteiger charge is 2.21. The Morgan fingerprint density at radius 2 is 2.00 bits per heavy atom. The molecule has 0 radical (unpaired) electrons. The number of aromatic nitrogens is 1. The summed E-state index contributed by atoms with van der Waals surface area (Å²) in [6.45, 7) is 0.448. The first-order valence-electron chi connectivity index (χ1n) is 7.60. The average Bonchev–Trinajstić information content (AvgIpc) is 3.15. The van der Waals surface area contributed by atoms with Crippen LogP contribution < -0.4 is 20.1 Å². The van der Waals surface area contributed by atoms with E-state index in [9.17, 15) is 4.79 Å². The summed E-state index contributed by atoms with van der Waals surface area (Å²) >= 11 is 1.73. The number of ether oxygens (including phenoxy) is 2. The Kier molecular flexibility index (Phi) is 9.58. The van der Waals surface area contributed by atoms with Gasteiger partial charge >= 0.3 is 0 Å². The molecular weight excluding hydrogens is 397 g/mol. The third-order valence-corrected chi connectivity index (χ3v) is 4.52. The van der Waals surface area contributed by atoms with Crippen molar-refractivity contribution in [1.82, 2.24) is 15.6 Å². The number of methoxy groups -OCH3 is 1. The molecule has 0 aliphatic carbocycles. The molecule has 0 spiro atoms. The van der Waals surface area contributed by atoms with Crippen molar-refractivity contribution >= 4 is 42.5 Å². The molecule has 1 saturated heterocycles. The van der Waals surface area contributed by atoms with Crippen molar-refractivity contribution in [2.24, 2.45) is 0 Å². The molecule has 2 N–H and O–H groups in total. The van der Waals surface area contributed by atoms with E-state index in [0.717, 1.165) is 22.9 Å². The molecule has 142 valence electrons. The van der Waals surface area contributed by atoms with Crippen LogP contribution >= 0.6 is 36.6 Å². The van der Waals surface area contributed by atoms with Crippen LogP contribution in [0, 0.1) is 0 Å². The first-order chi connectivity index (χ1) is 11.7. The standard InChI is InChI=1S/C17H19N3O3S.2ClH/c1-22-13-2-4-14(5-3-13)23-16-8-12(6-7-18-16)9-19-17(21)15-10-24-11-20-15;;/h2-8,15,20H,9-11H2,1H3,(H,19,21);2*1H. The average molecular weight is 418 g/mol. The van der Waals surface area contributed by atoms with Gasteiger partial charge in [-0.25, -0.2) is 4.98 Å². The quantitative estimate of drug-likeness (QED) is 0.752. The molecule has 0 saturated carbocycles. The van der Waals surface area contributed by atoms with Crippen molar-refractivity contribution in [2.75, 3.05) is 18.7 Å². The molecule has 3 rings (SSSR count). The third kappa shape index (κ3) is 6.25. The minimum atomic E-state index is -0.105. The molecule has 1 atom stereocenters. The van der Waals surface area contributed by atoms with Crippen LogP contribution in [0.3, 0.4) is 0 Å². The number of pyridine rings is 1. The van der Waals surface area contributed by atoms with Crippen LogP contribution in [-0.2, 0) is 11.3 Å². The molecule has 1 aromatic heterocycles. The predicted molar refractivity (Wildman–Crippen MR) is 108 cm³/mol. The van der Waals surface area contributed by atoms with Gasteiger partial charge in [-0.2, -0.15) is 0 Å². The lowest BCUT2D eigenvalue weighted by atomic mass is 10.2. The van der Waals surface area contributed by atoms with Crippen LogP contribution in [0.4, 0.5) is 0 Å². The van der Waals surface area contributed by atoms with Gasteiger partial charge in [0.05, 0.1) is 13.2 Å². The van der Waals surface area contributed by atoms with E-state index in [0.29, 0.717) is 18.2 Å². The lowest BCUT2D eigenvalue weighted by Gasteiger charge is -2.11. The van der Waals surface area contributed by atoms with Gasteiger partial charge in [-0.05, 0) is 35.9 Å². The maximum absolute atomic E-state index is 12.0. The molecule has 1 amide bonds. The highest BCUT2D eigenvalue weighted by atomic mass is 35.5. The smallest absolute Gasteiger partial charge is 0.238 e. The van der Waals surface area contributed by atoms with Crippen molar-refractivity contribution in [3.63, 3.8) is 0 Å². The number of rotatable bonds is 6. The van der Waals surface area contributed by atoms with Gasteiger partial charge in [0.25, 0.3) is 0 Å². The number of hydrogen-bond acceptors (Lipinski definition) is 6. The first kappa shape index (κ1) is 22.4. The summed E-state index contributed by atoms with van der Waals surface area (Å²) in [4.78, 5) is 16.2. The zero-order valence-electron chi connectivity index (χ0n) is 14.1. The Balaban J connectivity index is 0.00000169. The van der Waals surface area contributed by atoms with Crippen LogP contribution in [-0.4, -0.2) is 35.7 Å². The van der Waals surface area contributed by atoms with Gasteiger partial charge in [0.1, 0.15) is 11.5 Å². The molecule has 0 bridgehead atoms. The predicted octanol–water partition coefficient (Wildman–Crippen LogP) is 3.00. The molecule has 2 heterocycles. The van der Waals surface area contributed by atoms with Crippen LogP contribution in [0.5, 0.6) is 17.4 Å². The van der Waals surface area contributed by atoms with Crippen molar-refractivity contribution in [2.45, 2.75) is 12.6 Å². The molecule has 1 aliphatic rings. The Morgan fingerprint density at radius 3 is 2.65 bits per heavy atom. The fraction of sp³-hybridized carbons (Fsp3) is 0.294. The van der Waals surface area contributed by atoms with Crippen molar-refractivity contribution < 1.29 is 14.3 Å². The zero-order chi connectivity index (χ0) is 16.8. The molecule has 1 unspecified atom stereocenters. The van der Waals surface area contributed by atoms with Crippen LogP contribution in [0.15, 0.2) is 42.6 Å². The number of amides is 1. The number of thioether (sulfide) groups is 1. The van der Waals surface area contributed by atoms with Gasteiger partial charge in [-0.3, -0.25) is 10.1 Å². The van der Waals surface area contributed by atoms with Gasteiger partial charge in [0, 0.05) is 30.4 Å². The van der Waals surface area contributed by atoms with E-state index in [-0.39, 0.29) is 36.8 Å². The second kappa shape index (κ2) is 11.1. The summed E-state index contributed by atoms with van der Waals surface area (Å²) in [6.07, 6.45) is 1.67. The van der Waals surface area contributed by atoms with E-state index in [1.807, 2.05) is 36.4 Å². The van der Waals surface area contributed by atoms with E-state index < -0.39 is 0 Å². The lowest BCUT2D eigenvalue weighted by molar-refractivity contribution is -0.122. The summed E-state index contributed by atoms with van der Waals surface area (Å²) < 4.78 is 10.8. The maximum Gasteiger partial charge on any atom is 0.238 e. The number of hydrogen-bond donors (Lipinski definition) is 2. The first-order valence-corrected chi connectivity index (χ1v) is 8.76. The molecule has 6 nitrogen and oxygen atoms in total. The van der Waals surface area contributed by atoms with Crippen molar-refractivity contribution in [3.8, 4) is 17.4 Å². The van der Waals surface area contributed by atoms with Gasteiger partial charge in [-0.15, -0.1) is 36.6 Å². The largest absolute Gasteiger partial charge is 0.497 e. The molecule has 1 fully saturated rings. The fourth-order valence-corrected chi connectivity index (χ4v) is 3.20. The van der Waals surface area contributed by atoms with Gasteiger partial charge in [-0.1, -0.05) is 0 Å². The summed E-state index contributed by atoms with van der Waals surface area (Å²) in [7, 11) is 1.62. The van der Waals surface area contributed by atoms with E-state index in [1.54, 1.807) is 25.1 Å². The number of benzene rings is 1. The van der Waals surface area contributed by atoms with Crippen molar-refractivity contribution in [3.05, 3.63) is 48.2 Å². The monoisotopic (exact) mass is 417 g/mol.